The van der Waals surface area contributed by atoms with Crippen LogP contribution < -0.4 is 10.6 Å². The van der Waals surface area contributed by atoms with Crippen LogP contribution in [0.1, 0.15) is 49.0 Å². The van der Waals surface area contributed by atoms with Crippen molar-refractivity contribution in [3.8, 4) is 0 Å². The van der Waals surface area contributed by atoms with Crippen LogP contribution in [0.15, 0.2) is 53.0 Å². The molecule has 10 heteroatoms. The molecule has 1 heterocycles. The summed E-state index contributed by atoms with van der Waals surface area (Å²) in [6.07, 6.45) is -4.84. The van der Waals surface area contributed by atoms with Gasteiger partial charge >= 0.3 is 6.18 Å². The molecule has 1 aliphatic heterocycles. The highest BCUT2D eigenvalue weighted by Gasteiger charge is 2.35. The van der Waals surface area contributed by atoms with Gasteiger partial charge in [-0.15, -0.1) is 0 Å². The van der Waals surface area contributed by atoms with Crippen LogP contribution in [0.2, 0.25) is 0 Å². The lowest BCUT2D eigenvalue weighted by atomic mass is 9.93. The summed E-state index contributed by atoms with van der Waals surface area (Å²) in [4.78, 5) is 25.4. The lowest BCUT2D eigenvalue weighted by Gasteiger charge is -2.19. The number of amides is 2. The summed E-state index contributed by atoms with van der Waals surface area (Å²) in [5.74, 6) is -3.23. The molecule has 0 saturated carbocycles. The number of nitrogens with one attached hydrogen (secondary N) is 2. The van der Waals surface area contributed by atoms with Gasteiger partial charge in [0.15, 0.2) is 0 Å². The number of carbonyl (C=O) groups is 2. The van der Waals surface area contributed by atoms with E-state index in [1.54, 1.807) is 6.92 Å². The van der Waals surface area contributed by atoms with E-state index in [1.165, 1.54) is 30.3 Å². The molecule has 0 bridgehead atoms. The zero-order valence-corrected chi connectivity index (χ0v) is 18.4. The van der Waals surface area contributed by atoms with E-state index in [0.717, 1.165) is 0 Å². The number of rotatable bonds is 3. The Kier molecular flexibility index (Phi) is 5.73. The largest absolute Gasteiger partial charge is 0.416 e. The number of hydrogen-bond acceptors (Lipinski definition) is 2. The fourth-order valence-electron chi connectivity index (χ4n) is 3.74. The lowest BCUT2D eigenvalue weighted by Crippen LogP contribution is -2.21. The zero-order valence-electron chi connectivity index (χ0n) is 16.8. The number of benzene rings is 3. The van der Waals surface area contributed by atoms with Gasteiger partial charge in [-0.1, -0.05) is 22.0 Å². The number of fused-ring (bicyclic) bond motifs is 1. The maximum absolute atomic E-state index is 13.9. The standard InChI is InChI=1S/C23H14BrF5N2O2/c1-10-2-3-14(25)9-16(10)20-19-17(22(33)31-20)7-13(24)8-18(19)30-21(32)11-4-12(23(27,28)29)6-15(26)5-11/h2-9,20H,1H3,(H,30,32)(H,31,33)/t20-/m0/s1. The molecule has 0 spiro atoms. The highest BCUT2D eigenvalue weighted by atomic mass is 79.9. The third kappa shape index (κ3) is 4.47. The smallest absolute Gasteiger partial charge is 0.341 e. The second-order valence-electron chi connectivity index (χ2n) is 7.50. The minimum Gasteiger partial charge on any atom is -0.341 e. The second-order valence-corrected chi connectivity index (χ2v) is 8.42. The van der Waals surface area contributed by atoms with Gasteiger partial charge in [0.2, 0.25) is 0 Å². The van der Waals surface area contributed by atoms with Gasteiger partial charge in [0.05, 0.1) is 11.6 Å². The molecule has 2 amide bonds. The average molecular weight is 525 g/mol. The molecule has 4 rings (SSSR count). The van der Waals surface area contributed by atoms with Crippen molar-refractivity contribution in [2.75, 3.05) is 5.32 Å². The predicted octanol–water partition coefficient (Wildman–Crippen LogP) is 6.14. The Morgan fingerprint density at radius 1 is 1.03 bits per heavy atom. The minimum atomic E-state index is -4.84. The number of aryl methyl sites for hydroxylation is 1. The first-order valence-corrected chi connectivity index (χ1v) is 10.3. The topological polar surface area (TPSA) is 58.2 Å². The van der Waals surface area contributed by atoms with Crippen LogP contribution in [0.5, 0.6) is 0 Å². The number of alkyl halides is 3. The predicted molar refractivity (Wildman–Crippen MR) is 114 cm³/mol. The Morgan fingerprint density at radius 3 is 2.45 bits per heavy atom. The fraction of sp³-hybridized carbons (Fsp3) is 0.130. The summed E-state index contributed by atoms with van der Waals surface area (Å²) in [7, 11) is 0. The first-order valence-electron chi connectivity index (χ1n) is 9.53. The van der Waals surface area contributed by atoms with Crippen LogP contribution in [0.3, 0.4) is 0 Å². The molecular weight excluding hydrogens is 511 g/mol. The van der Waals surface area contributed by atoms with Crippen LogP contribution in [0, 0.1) is 18.6 Å². The van der Waals surface area contributed by atoms with Crippen LogP contribution >= 0.6 is 15.9 Å². The Labute approximate surface area is 192 Å². The molecule has 4 nitrogen and oxygen atoms in total. The van der Waals surface area contributed by atoms with E-state index >= 15 is 0 Å². The molecule has 170 valence electrons. The zero-order chi connectivity index (χ0) is 24.1. The summed E-state index contributed by atoms with van der Waals surface area (Å²) < 4.78 is 67.2. The highest BCUT2D eigenvalue weighted by molar-refractivity contribution is 9.10. The van der Waals surface area contributed by atoms with Gasteiger partial charge in [-0.3, -0.25) is 9.59 Å². The van der Waals surface area contributed by atoms with Crippen LogP contribution in [0.4, 0.5) is 27.6 Å². The first kappa shape index (κ1) is 22.9. The van der Waals surface area contributed by atoms with E-state index in [4.69, 9.17) is 0 Å². The average Bonchev–Trinajstić information content (AvgIpc) is 3.05. The van der Waals surface area contributed by atoms with Crippen molar-refractivity contribution >= 4 is 33.4 Å². The maximum Gasteiger partial charge on any atom is 0.416 e. The van der Waals surface area contributed by atoms with Gasteiger partial charge in [0.1, 0.15) is 11.6 Å². The second kappa shape index (κ2) is 8.26. The van der Waals surface area contributed by atoms with Crippen LogP contribution in [-0.4, -0.2) is 11.8 Å². The summed E-state index contributed by atoms with van der Waals surface area (Å²) in [5.41, 5.74) is -0.112. The number of carbonyl (C=O) groups excluding carboxylic acids is 2. The molecule has 0 fully saturated rings. The van der Waals surface area contributed by atoms with Crippen molar-refractivity contribution in [1.29, 1.82) is 0 Å². The van der Waals surface area contributed by atoms with E-state index in [-0.39, 0.29) is 11.3 Å². The van der Waals surface area contributed by atoms with E-state index in [2.05, 4.69) is 26.6 Å². The summed E-state index contributed by atoms with van der Waals surface area (Å²) in [6.45, 7) is 1.72. The van der Waals surface area contributed by atoms with E-state index in [9.17, 15) is 31.5 Å². The third-order valence-corrected chi connectivity index (χ3v) is 5.70. The van der Waals surface area contributed by atoms with Crippen LogP contribution in [-0.2, 0) is 6.18 Å². The minimum absolute atomic E-state index is 0.106. The van der Waals surface area contributed by atoms with Crippen molar-refractivity contribution in [2.24, 2.45) is 0 Å². The highest BCUT2D eigenvalue weighted by Crippen LogP contribution is 2.40. The lowest BCUT2D eigenvalue weighted by molar-refractivity contribution is -0.137. The molecular formula is C23H14BrF5N2O2. The van der Waals surface area contributed by atoms with E-state index < -0.39 is 46.8 Å². The molecule has 33 heavy (non-hydrogen) atoms. The van der Waals surface area contributed by atoms with Gasteiger partial charge < -0.3 is 10.6 Å². The van der Waals surface area contributed by atoms with E-state index in [1.807, 2.05) is 0 Å². The molecule has 1 atom stereocenters. The normalized spacial score (nSPS) is 15.2. The Hall–Kier alpha value is -3.27. The van der Waals surface area contributed by atoms with Gasteiger partial charge in [-0.2, -0.15) is 13.2 Å². The van der Waals surface area contributed by atoms with Crippen molar-refractivity contribution in [1.82, 2.24) is 5.32 Å². The van der Waals surface area contributed by atoms with Gasteiger partial charge in [-0.05, 0) is 60.5 Å². The molecule has 3 aromatic rings. The van der Waals surface area contributed by atoms with Gasteiger partial charge in [-0.25, -0.2) is 8.78 Å². The molecule has 0 radical (unpaired) electrons. The quantitative estimate of drug-likeness (QED) is 0.404. The summed E-state index contributed by atoms with van der Waals surface area (Å²) in [6, 6.07) is 7.73. The monoisotopic (exact) mass is 524 g/mol. The SMILES string of the molecule is Cc1ccc(F)cc1[C@@H]1NC(=O)c2cc(Br)cc(NC(=O)c3cc(F)cc(C(F)(F)F)c3)c21. The summed E-state index contributed by atoms with van der Waals surface area (Å²) >= 11 is 3.24. The first-order chi connectivity index (χ1) is 15.4. The van der Waals surface area contributed by atoms with Crippen molar-refractivity contribution in [2.45, 2.75) is 19.1 Å². The van der Waals surface area contributed by atoms with Crippen molar-refractivity contribution in [3.05, 3.63) is 98.0 Å². The Balaban J connectivity index is 1.79. The molecule has 0 aromatic heterocycles. The van der Waals surface area contributed by atoms with Crippen LogP contribution in [0.25, 0.3) is 0 Å². The van der Waals surface area contributed by atoms with Gasteiger partial charge in [0.25, 0.3) is 11.8 Å². The maximum atomic E-state index is 13.9. The van der Waals surface area contributed by atoms with E-state index in [0.29, 0.717) is 39.4 Å². The van der Waals surface area contributed by atoms with Gasteiger partial charge in [0, 0.05) is 26.9 Å². The number of hydrogen-bond donors (Lipinski definition) is 2. The fourth-order valence-corrected chi connectivity index (χ4v) is 4.19. The molecule has 0 saturated heterocycles. The molecule has 0 unspecified atom stereocenters. The van der Waals surface area contributed by atoms with Crippen molar-refractivity contribution < 1.29 is 31.5 Å². The molecule has 2 N–H and O–H groups in total. The summed E-state index contributed by atoms with van der Waals surface area (Å²) in [5, 5.41) is 5.21. The number of anilines is 1. The Morgan fingerprint density at radius 2 is 1.76 bits per heavy atom. The van der Waals surface area contributed by atoms with Crippen molar-refractivity contribution in [3.63, 3.8) is 0 Å². The number of halogens is 6. The molecule has 0 aliphatic carbocycles. The molecule has 1 aliphatic rings. The Bertz CT molecular complexity index is 1310. The third-order valence-electron chi connectivity index (χ3n) is 5.24. The molecule has 3 aromatic carbocycles.